The number of likely N-dealkylation sites (tertiary alicyclic amines) is 1. The van der Waals surface area contributed by atoms with Crippen molar-refractivity contribution in [2.24, 2.45) is 5.92 Å². The lowest BCUT2D eigenvalue weighted by molar-refractivity contribution is -0.143. The van der Waals surface area contributed by atoms with Gasteiger partial charge in [0.25, 0.3) is 0 Å². The molecule has 2 unspecified atom stereocenters. The monoisotopic (exact) mass is 343 g/mol. The van der Waals surface area contributed by atoms with Gasteiger partial charge in [0.2, 0.25) is 0 Å². The molecule has 1 fully saturated rings. The van der Waals surface area contributed by atoms with Crippen molar-refractivity contribution in [1.82, 2.24) is 4.90 Å². The van der Waals surface area contributed by atoms with Crippen LogP contribution >= 0.6 is 0 Å². The average Bonchev–Trinajstić information content (AvgIpc) is 2.62. The lowest BCUT2D eigenvalue weighted by Crippen LogP contribution is -2.41. The number of piperidine rings is 1. The van der Waals surface area contributed by atoms with Crippen molar-refractivity contribution in [2.45, 2.75) is 18.9 Å². The normalized spacial score (nSPS) is 19.4. The zero-order valence-electron chi connectivity index (χ0n) is 14.2. The molecule has 1 aliphatic heterocycles. The van der Waals surface area contributed by atoms with Gasteiger partial charge in [0.1, 0.15) is 11.6 Å². The molecule has 132 valence electrons. The van der Waals surface area contributed by atoms with E-state index in [2.05, 4.69) is 4.90 Å². The number of hydrogen-bond donors (Lipinski definition) is 1. The van der Waals surface area contributed by atoms with Crippen LogP contribution in [0.2, 0.25) is 0 Å². The molecule has 1 heterocycles. The quantitative estimate of drug-likeness (QED) is 0.899. The Labute approximate surface area is 146 Å². The van der Waals surface area contributed by atoms with Crippen LogP contribution in [-0.2, 0) is 4.79 Å². The predicted octanol–water partition coefficient (Wildman–Crippen LogP) is 3.72. The minimum Gasteiger partial charge on any atom is -0.497 e. The molecule has 0 aromatic heterocycles. The van der Waals surface area contributed by atoms with Crippen LogP contribution in [-0.4, -0.2) is 36.2 Å². The summed E-state index contributed by atoms with van der Waals surface area (Å²) in [4.78, 5) is 13.6. The third-order valence-corrected chi connectivity index (χ3v) is 4.74. The zero-order valence-corrected chi connectivity index (χ0v) is 14.2. The summed E-state index contributed by atoms with van der Waals surface area (Å²) < 4.78 is 19.1. The fourth-order valence-corrected chi connectivity index (χ4v) is 3.54. The molecule has 1 saturated heterocycles. The number of rotatable bonds is 5. The minimum atomic E-state index is -0.770. The molecule has 0 bridgehead atoms. The number of carboxylic acid groups (broad SMARTS) is 1. The van der Waals surface area contributed by atoms with Crippen LogP contribution in [0.25, 0.3) is 0 Å². The summed E-state index contributed by atoms with van der Waals surface area (Å²) in [5.74, 6) is -0.730. The molecular weight excluding hydrogens is 321 g/mol. The fraction of sp³-hybridized carbons (Fsp3) is 0.350. The van der Waals surface area contributed by atoms with Gasteiger partial charge in [-0.3, -0.25) is 9.69 Å². The molecule has 0 saturated carbocycles. The van der Waals surface area contributed by atoms with E-state index in [0.29, 0.717) is 13.0 Å². The van der Waals surface area contributed by atoms with Gasteiger partial charge in [0.05, 0.1) is 19.1 Å². The van der Waals surface area contributed by atoms with E-state index in [1.807, 2.05) is 30.3 Å². The lowest BCUT2D eigenvalue weighted by Gasteiger charge is -2.37. The summed E-state index contributed by atoms with van der Waals surface area (Å²) in [6, 6.07) is 14.0. The van der Waals surface area contributed by atoms with E-state index in [4.69, 9.17) is 4.74 Å². The molecule has 3 rings (SSSR count). The minimum absolute atomic E-state index is 0.201. The van der Waals surface area contributed by atoms with Crippen LogP contribution in [0.15, 0.2) is 48.5 Å². The number of nitrogens with zero attached hydrogens (tertiary/aromatic N) is 1. The van der Waals surface area contributed by atoms with E-state index < -0.39 is 11.9 Å². The van der Waals surface area contributed by atoms with Crippen LogP contribution in [0.3, 0.4) is 0 Å². The van der Waals surface area contributed by atoms with E-state index in [0.717, 1.165) is 29.8 Å². The van der Waals surface area contributed by atoms with Crippen molar-refractivity contribution in [2.75, 3.05) is 20.2 Å². The van der Waals surface area contributed by atoms with Gasteiger partial charge in [-0.25, -0.2) is 4.39 Å². The molecule has 2 aromatic rings. The van der Waals surface area contributed by atoms with Crippen molar-refractivity contribution < 1.29 is 19.0 Å². The molecule has 0 radical (unpaired) electrons. The first-order chi connectivity index (χ1) is 12.1. The Morgan fingerprint density at radius 2 is 1.96 bits per heavy atom. The van der Waals surface area contributed by atoms with E-state index in [9.17, 15) is 14.3 Å². The van der Waals surface area contributed by atoms with Gasteiger partial charge in [-0.05, 0) is 54.8 Å². The summed E-state index contributed by atoms with van der Waals surface area (Å²) >= 11 is 0. The molecule has 0 spiro atoms. The Morgan fingerprint density at radius 1 is 1.24 bits per heavy atom. The first-order valence-corrected chi connectivity index (χ1v) is 8.44. The Balaban J connectivity index is 2.01. The van der Waals surface area contributed by atoms with Gasteiger partial charge in [-0.15, -0.1) is 0 Å². The summed E-state index contributed by atoms with van der Waals surface area (Å²) in [6.07, 6.45) is 1.49. The molecule has 25 heavy (non-hydrogen) atoms. The van der Waals surface area contributed by atoms with E-state index in [-0.39, 0.29) is 11.9 Å². The highest BCUT2D eigenvalue weighted by atomic mass is 19.1. The summed E-state index contributed by atoms with van der Waals surface area (Å²) in [5.41, 5.74) is 1.79. The Bertz CT molecular complexity index is 749. The maximum atomic E-state index is 13.8. The third kappa shape index (κ3) is 3.99. The smallest absolute Gasteiger partial charge is 0.307 e. The largest absolute Gasteiger partial charge is 0.497 e. The first-order valence-electron chi connectivity index (χ1n) is 8.44. The van der Waals surface area contributed by atoms with Crippen molar-refractivity contribution >= 4 is 5.97 Å². The Morgan fingerprint density at radius 3 is 2.64 bits per heavy atom. The van der Waals surface area contributed by atoms with Crippen LogP contribution < -0.4 is 4.74 Å². The van der Waals surface area contributed by atoms with Gasteiger partial charge in [0, 0.05) is 6.54 Å². The summed E-state index contributed by atoms with van der Waals surface area (Å²) in [5, 5.41) is 9.40. The van der Waals surface area contributed by atoms with Crippen molar-refractivity contribution in [1.29, 1.82) is 0 Å². The molecule has 5 heteroatoms. The number of benzene rings is 2. The zero-order chi connectivity index (χ0) is 17.8. The number of hydrogen-bond acceptors (Lipinski definition) is 3. The summed E-state index contributed by atoms with van der Waals surface area (Å²) in [6.45, 7) is 1.23. The molecule has 2 aromatic carbocycles. The number of methoxy groups -OCH3 is 1. The number of aliphatic carboxylic acids is 1. The topological polar surface area (TPSA) is 49.8 Å². The van der Waals surface area contributed by atoms with E-state index in [1.54, 1.807) is 13.2 Å². The first kappa shape index (κ1) is 17.4. The molecule has 4 nitrogen and oxygen atoms in total. The third-order valence-electron chi connectivity index (χ3n) is 4.74. The average molecular weight is 343 g/mol. The summed E-state index contributed by atoms with van der Waals surface area (Å²) in [7, 11) is 1.61. The highest BCUT2D eigenvalue weighted by molar-refractivity contribution is 5.70. The number of carboxylic acids is 1. The molecule has 0 amide bonds. The SMILES string of the molecule is COc1cccc(C(c2cccc(F)c2)N2CCCC(C(=O)O)C2)c1. The molecule has 1 N–H and O–H groups in total. The second kappa shape index (κ2) is 7.66. The number of carbonyl (C=O) groups is 1. The maximum Gasteiger partial charge on any atom is 0.307 e. The number of halogens is 1. The second-order valence-corrected chi connectivity index (χ2v) is 6.41. The van der Waals surface area contributed by atoms with Crippen molar-refractivity contribution in [3.63, 3.8) is 0 Å². The fourth-order valence-electron chi connectivity index (χ4n) is 3.54. The van der Waals surface area contributed by atoms with Gasteiger partial charge in [-0.1, -0.05) is 24.3 Å². The maximum absolute atomic E-state index is 13.8. The Kier molecular flexibility index (Phi) is 5.34. The molecule has 1 aliphatic rings. The van der Waals surface area contributed by atoms with Gasteiger partial charge in [-0.2, -0.15) is 0 Å². The molecule has 2 atom stereocenters. The van der Waals surface area contributed by atoms with Gasteiger partial charge < -0.3 is 9.84 Å². The van der Waals surface area contributed by atoms with Crippen LogP contribution in [0.5, 0.6) is 5.75 Å². The molecule has 0 aliphatic carbocycles. The highest BCUT2D eigenvalue weighted by Crippen LogP contribution is 2.34. The standard InChI is InChI=1S/C20H22FNO3/c1-25-18-9-3-6-15(12-18)19(14-5-2-8-17(21)11-14)22-10-4-7-16(13-22)20(23)24/h2-3,5-6,8-9,11-12,16,19H,4,7,10,13H2,1H3,(H,23,24). The predicted molar refractivity (Wildman–Crippen MR) is 93.2 cm³/mol. The van der Waals surface area contributed by atoms with Crippen LogP contribution in [0, 0.1) is 11.7 Å². The van der Waals surface area contributed by atoms with Gasteiger partial charge in [0.15, 0.2) is 0 Å². The Hall–Kier alpha value is -2.40. The number of ether oxygens (including phenoxy) is 1. The van der Waals surface area contributed by atoms with Gasteiger partial charge >= 0.3 is 5.97 Å². The van der Waals surface area contributed by atoms with Crippen LogP contribution in [0.4, 0.5) is 4.39 Å². The molecular formula is C20H22FNO3. The van der Waals surface area contributed by atoms with Crippen molar-refractivity contribution in [3.8, 4) is 5.75 Å². The highest BCUT2D eigenvalue weighted by Gasteiger charge is 2.31. The van der Waals surface area contributed by atoms with E-state index >= 15 is 0 Å². The second-order valence-electron chi connectivity index (χ2n) is 6.41. The lowest BCUT2D eigenvalue weighted by atomic mass is 9.91. The van der Waals surface area contributed by atoms with Crippen LogP contribution in [0.1, 0.15) is 30.0 Å². The van der Waals surface area contributed by atoms with Crippen molar-refractivity contribution in [3.05, 3.63) is 65.5 Å². The van der Waals surface area contributed by atoms with E-state index in [1.165, 1.54) is 12.1 Å².